The van der Waals surface area contributed by atoms with Crippen LogP contribution in [0.4, 0.5) is 0 Å². The lowest BCUT2D eigenvalue weighted by Crippen LogP contribution is -2.29. The van der Waals surface area contributed by atoms with Crippen LogP contribution in [0.15, 0.2) is 169 Å². The van der Waals surface area contributed by atoms with Gasteiger partial charge < -0.3 is 9.88 Å². The Hall–Kier alpha value is -6.19. The number of hydrogen-bond acceptors (Lipinski definition) is 2. The predicted octanol–water partition coefficient (Wildman–Crippen LogP) is 11.0. The SMILES string of the molecule is C1=C(c2ccccc2)NC(n2c3ccccc3c3ccc4ccccc4c32)N=C1c1ccc2c3ccccc3c3ccccc3c2c1. The van der Waals surface area contributed by atoms with Crippen molar-refractivity contribution in [2.24, 2.45) is 4.99 Å². The lowest BCUT2D eigenvalue weighted by Gasteiger charge is -2.27. The Bertz CT molecular complexity index is 2730. The lowest BCUT2D eigenvalue weighted by atomic mass is 9.92. The van der Waals surface area contributed by atoms with E-state index in [9.17, 15) is 0 Å². The van der Waals surface area contributed by atoms with E-state index in [1.54, 1.807) is 0 Å². The second kappa shape index (κ2) is 10.2. The summed E-state index contributed by atoms with van der Waals surface area (Å²) in [5, 5.41) is 16.3. The molecule has 3 heteroatoms. The van der Waals surface area contributed by atoms with Gasteiger partial charge in [-0.1, -0.05) is 146 Å². The highest BCUT2D eigenvalue weighted by molar-refractivity contribution is 6.27. The second-order valence-electron chi connectivity index (χ2n) is 12.4. The van der Waals surface area contributed by atoms with Crippen molar-refractivity contribution in [3.8, 4) is 0 Å². The number of nitrogens with one attached hydrogen (secondary N) is 1. The van der Waals surface area contributed by atoms with Crippen molar-refractivity contribution in [2.45, 2.75) is 6.29 Å². The van der Waals surface area contributed by atoms with E-state index in [2.05, 4.69) is 174 Å². The normalized spacial score (nSPS) is 15.0. The van der Waals surface area contributed by atoms with Gasteiger partial charge in [-0.05, 0) is 61.5 Å². The molecule has 0 saturated heterocycles. The molecule has 0 radical (unpaired) electrons. The Morgan fingerprint density at radius 2 is 1.02 bits per heavy atom. The number of para-hydroxylation sites is 1. The molecule has 47 heavy (non-hydrogen) atoms. The van der Waals surface area contributed by atoms with Crippen molar-refractivity contribution in [3.63, 3.8) is 0 Å². The van der Waals surface area contributed by atoms with Gasteiger partial charge in [0.25, 0.3) is 0 Å². The Kier molecular flexibility index (Phi) is 5.64. The van der Waals surface area contributed by atoms with E-state index in [1.165, 1.54) is 59.4 Å². The zero-order valence-electron chi connectivity index (χ0n) is 25.6. The molecule has 1 aromatic heterocycles. The Labute approximate surface area is 271 Å². The van der Waals surface area contributed by atoms with Crippen molar-refractivity contribution in [2.75, 3.05) is 0 Å². The first-order valence-electron chi connectivity index (χ1n) is 16.2. The molecule has 10 rings (SSSR count). The maximum atomic E-state index is 5.52. The summed E-state index contributed by atoms with van der Waals surface area (Å²) in [5.74, 6) is 0. The average Bonchev–Trinajstić information content (AvgIpc) is 3.50. The number of aliphatic imine (C=N–C) groups is 1. The molecule has 0 aliphatic carbocycles. The van der Waals surface area contributed by atoms with Gasteiger partial charge in [0.15, 0.2) is 0 Å². The summed E-state index contributed by atoms with van der Waals surface area (Å²) < 4.78 is 2.40. The molecular weight excluding hydrogens is 571 g/mol. The minimum absolute atomic E-state index is 0.359. The number of hydrogen-bond donors (Lipinski definition) is 1. The summed E-state index contributed by atoms with van der Waals surface area (Å²) in [5.41, 5.74) is 6.59. The molecule has 3 nitrogen and oxygen atoms in total. The minimum Gasteiger partial charge on any atom is -0.346 e. The Balaban J connectivity index is 1.25. The minimum atomic E-state index is -0.359. The molecule has 8 aromatic carbocycles. The van der Waals surface area contributed by atoms with Crippen LogP contribution >= 0.6 is 0 Å². The van der Waals surface area contributed by atoms with E-state index in [0.29, 0.717) is 0 Å². The van der Waals surface area contributed by atoms with Gasteiger partial charge in [-0.3, -0.25) is 0 Å². The van der Waals surface area contributed by atoms with Gasteiger partial charge in [0.2, 0.25) is 6.29 Å². The van der Waals surface area contributed by atoms with Crippen molar-refractivity contribution in [1.29, 1.82) is 0 Å². The quantitative estimate of drug-likeness (QED) is 0.201. The summed E-state index contributed by atoms with van der Waals surface area (Å²) in [6, 6.07) is 56.8. The van der Waals surface area contributed by atoms with Crippen LogP contribution < -0.4 is 5.32 Å². The van der Waals surface area contributed by atoms with Crippen LogP contribution in [0.1, 0.15) is 17.4 Å². The highest BCUT2D eigenvalue weighted by Crippen LogP contribution is 2.39. The smallest absolute Gasteiger partial charge is 0.201 e. The highest BCUT2D eigenvalue weighted by Gasteiger charge is 2.24. The molecule has 9 aromatic rings. The van der Waals surface area contributed by atoms with E-state index in [0.717, 1.165) is 28.1 Å². The first kappa shape index (κ1) is 26.1. The molecule has 0 fully saturated rings. The third kappa shape index (κ3) is 3.96. The number of benzene rings is 8. The fourth-order valence-corrected chi connectivity index (χ4v) is 7.67. The van der Waals surface area contributed by atoms with Crippen LogP contribution in [0.25, 0.3) is 70.6 Å². The van der Waals surface area contributed by atoms with Gasteiger partial charge in [0.05, 0.1) is 16.7 Å². The molecule has 2 heterocycles. The summed E-state index contributed by atoms with van der Waals surface area (Å²) >= 11 is 0. The van der Waals surface area contributed by atoms with Gasteiger partial charge >= 0.3 is 0 Å². The van der Waals surface area contributed by atoms with E-state index >= 15 is 0 Å². The van der Waals surface area contributed by atoms with E-state index in [4.69, 9.17) is 4.99 Å². The van der Waals surface area contributed by atoms with Crippen LogP contribution in [0, 0.1) is 0 Å². The van der Waals surface area contributed by atoms with E-state index in [-0.39, 0.29) is 6.29 Å². The molecule has 1 unspecified atom stereocenters. The van der Waals surface area contributed by atoms with Crippen LogP contribution in [0.2, 0.25) is 0 Å². The predicted molar refractivity (Wildman–Crippen MR) is 199 cm³/mol. The third-order valence-electron chi connectivity index (χ3n) is 9.79. The van der Waals surface area contributed by atoms with Gasteiger partial charge in [-0.15, -0.1) is 0 Å². The Morgan fingerprint density at radius 1 is 0.447 bits per heavy atom. The summed E-state index contributed by atoms with van der Waals surface area (Å²) in [6.07, 6.45) is 1.85. The molecule has 0 amide bonds. The maximum Gasteiger partial charge on any atom is 0.201 e. The van der Waals surface area contributed by atoms with Crippen molar-refractivity contribution >= 4 is 76.3 Å². The summed E-state index contributed by atoms with van der Waals surface area (Å²) in [4.78, 5) is 5.52. The van der Waals surface area contributed by atoms with Crippen molar-refractivity contribution in [3.05, 3.63) is 175 Å². The average molecular weight is 600 g/mol. The fraction of sp³-hybridized carbons (Fsp3) is 0.0227. The number of aromatic nitrogens is 1. The maximum absolute atomic E-state index is 5.52. The molecule has 1 aliphatic rings. The zero-order chi connectivity index (χ0) is 30.9. The molecule has 1 aliphatic heterocycles. The topological polar surface area (TPSA) is 29.3 Å². The van der Waals surface area contributed by atoms with Gasteiger partial charge in [-0.25, -0.2) is 4.99 Å². The monoisotopic (exact) mass is 599 g/mol. The first-order chi connectivity index (χ1) is 23.3. The summed E-state index contributed by atoms with van der Waals surface area (Å²) in [6.45, 7) is 0. The molecule has 0 bridgehead atoms. The molecular formula is C44H29N3. The molecule has 0 spiro atoms. The highest BCUT2D eigenvalue weighted by atomic mass is 15.3. The van der Waals surface area contributed by atoms with Crippen molar-refractivity contribution in [1.82, 2.24) is 9.88 Å². The van der Waals surface area contributed by atoms with Gasteiger partial charge in [-0.2, -0.15) is 0 Å². The summed E-state index contributed by atoms with van der Waals surface area (Å²) in [7, 11) is 0. The largest absolute Gasteiger partial charge is 0.346 e. The number of nitrogens with zero attached hydrogens (tertiary/aromatic N) is 2. The number of allylic oxidation sites excluding steroid dienone is 1. The van der Waals surface area contributed by atoms with E-state index in [1.807, 2.05) is 0 Å². The first-order valence-corrected chi connectivity index (χ1v) is 16.2. The number of rotatable bonds is 3. The second-order valence-corrected chi connectivity index (χ2v) is 12.4. The fourth-order valence-electron chi connectivity index (χ4n) is 7.67. The molecule has 1 N–H and O–H groups in total. The van der Waals surface area contributed by atoms with Crippen molar-refractivity contribution < 1.29 is 0 Å². The Morgan fingerprint density at radius 3 is 1.77 bits per heavy atom. The van der Waals surface area contributed by atoms with Crippen LogP contribution in [0.5, 0.6) is 0 Å². The van der Waals surface area contributed by atoms with Crippen LogP contribution in [-0.2, 0) is 0 Å². The van der Waals surface area contributed by atoms with E-state index < -0.39 is 0 Å². The zero-order valence-corrected chi connectivity index (χ0v) is 25.6. The number of fused-ring (bicyclic) bond motifs is 11. The third-order valence-corrected chi connectivity index (χ3v) is 9.79. The van der Waals surface area contributed by atoms with Crippen LogP contribution in [0.3, 0.4) is 0 Å². The molecule has 1 atom stereocenters. The molecule has 220 valence electrons. The lowest BCUT2D eigenvalue weighted by molar-refractivity contribution is 0.509. The molecule has 0 saturated carbocycles. The standard InChI is InChI=1S/C44H29N3/c1-2-13-29(14-3-1)40-27-41(30-23-24-36-34-18-7-6-16-32(34)33-17-8-9-19-35(33)39(36)26-30)46-44(45-40)47-42-21-11-10-20-37(42)38-25-22-28-12-4-5-15-31(28)43(38)47/h1-27,44-45H. The van der Waals surface area contributed by atoms with Gasteiger partial charge in [0.1, 0.15) is 0 Å². The van der Waals surface area contributed by atoms with Crippen LogP contribution in [-0.4, -0.2) is 10.3 Å². The van der Waals surface area contributed by atoms with Gasteiger partial charge in [0, 0.05) is 27.4 Å².